The van der Waals surface area contributed by atoms with E-state index in [-0.39, 0.29) is 0 Å². The molecule has 1 atom stereocenters. The van der Waals surface area contributed by atoms with Crippen molar-refractivity contribution >= 4 is 0 Å². The van der Waals surface area contributed by atoms with E-state index >= 15 is 0 Å². The molecule has 0 fully saturated rings. The molecular weight excluding hydrogens is 256 g/mol. The van der Waals surface area contributed by atoms with Crippen molar-refractivity contribution in [1.82, 2.24) is 0 Å². The number of hydrogen-bond acceptors (Lipinski definition) is 1. The van der Waals surface area contributed by atoms with Crippen molar-refractivity contribution in [3.63, 3.8) is 0 Å². The minimum Gasteiger partial charge on any atom is -0.378 e. The van der Waals surface area contributed by atoms with Crippen molar-refractivity contribution < 1.29 is 4.74 Å². The van der Waals surface area contributed by atoms with Gasteiger partial charge in [-0.25, -0.2) is 0 Å². The number of hydrogen-bond donors (Lipinski definition) is 0. The minimum atomic E-state index is 0.546. The molecule has 21 heavy (non-hydrogen) atoms. The molecule has 0 aliphatic rings. The van der Waals surface area contributed by atoms with Gasteiger partial charge in [-0.05, 0) is 19.3 Å². The molecule has 0 spiro atoms. The number of rotatable bonds is 17. The molecule has 0 rings (SSSR count). The van der Waals surface area contributed by atoms with E-state index in [0.29, 0.717) is 6.10 Å². The Kier molecular flexibility index (Phi) is 18.0. The highest BCUT2D eigenvalue weighted by Gasteiger charge is 2.08. The normalized spacial score (nSPS) is 12.7. The molecule has 0 amide bonds. The van der Waals surface area contributed by atoms with Crippen molar-refractivity contribution in [2.24, 2.45) is 0 Å². The summed E-state index contributed by atoms with van der Waals surface area (Å²) >= 11 is 0. The monoisotopic (exact) mass is 298 g/mol. The topological polar surface area (TPSA) is 9.23 Å². The van der Waals surface area contributed by atoms with Crippen LogP contribution in [0.4, 0.5) is 0 Å². The molecule has 1 nitrogen and oxygen atoms in total. The second-order valence-electron chi connectivity index (χ2n) is 6.61. The summed E-state index contributed by atoms with van der Waals surface area (Å²) in [5.41, 5.74) is 0. The molecule has 0 radical (unpaired) electrons. The Morgan fingerprint density at radius 2 is 0.952 bits per heavy atom. The lowest BCUT2D eigenvalue weighted by Gasteiger charge is -2.18. The van der Waals surface area contributed by atoms with Crippen LogP contribution in [0.1, 0.15) is 117 Å². The summed E-state index contributed by atoms with van der Waals surface area (Å²) in [6.07, 6.45) is 20.8. The van der Waals surface area contributed by atoms with Crippen molar-refractivity contribution in [2.75, 3.05) is 6.61 Å². The van der Waals surface area contributed by atoms with Crippen molar-refractivity contribution in [1.29, 1.82) is 0 Å². The predicted molar refractivity (Wildman–Crippen MR) is 96.0 cm³/mol. The Morgan fingerprint density at radius 1 is 0.524 bits per heavy atom. The summed E-state index contributed by atoms with van der Waals surface area (Å²) in [5.74, 6) is 0. The molecular formula is C20H42O. The summed E-state index contributed by atoms with van der Waals surface area (Å²) in [6.45, 7) is 7.85. The molecule has 0 aromatic rings. The lowest BCUT2D eigenvalue weighted by Crippen LogP contribution is -2.14. The van der Waals surface area contributed by atoms with Crippen LogP contribution in [0.5, 0.6) is 0 Å². The maximum Gasteiger partial charge on any atom is 0.0575 e. The Morgan fingerprint density at radius 3 is 1.52 bits per heavy atom. The summed E-state index contributed by atoms with van der Waals surface area (Å²) in [5, 5.41) is 0. The van der Waals surface area contributed by atoms with E-state index in [1.165, 1.54) is 96.3 Å². The van der Waals surface area contributed by atoms with Gasteiger partial charge in [0, 0.05) is 6.61 Å². The number of unbranched alkanes of at least 4 members (excludes halogenated alkanes) is 10. The maximum absolute atomic E-state index is 6.18. The minimum absolute atomic E-state index is 0.546. The highest BCUT2D eigenvalue weighted by atomic mass is 16.5. The van der Waals surface area contributed by atoms with Crippen molar-refractivity contribution in [3.05, 3.63) is 0 Å². The smallest absolute Gasteiger partial charge is 0.0575 e. The fourth-order valence-corrected chi connectivity index (χ4v) is 2.86. The fourth-order valence-electron chi connectivity index (χ4n) is 2.86. The highest BCUT2D eigenvalue weighted by Crippen LogP contribution is 2.16. The first-order valence-electron chi connectivity index (χ1n) is 9.96. The van der Waals surface area contributed by atoms with Crippen LogP contribution >= 0.6 is 0 Å². The third-order valence-electron chi connectivity index (χ3n) is 4.36. The van der Waals surface area contributed by atoms with Crippen LogP contribution in [0, 0.1) is 0 Å². The molecule has 0 saturated heterocycles. The van der Waals surface area contributed by atoms with E-state index in [1.807, 2.05) is 0 Å². The van der Waals surface area contributed by atoms with Gasteiger partial charge >= 0.3 is 0 Å². The van der Waals surface area contributed by atoms with Gasteiger partial charge in [0.1, 0.15) is 0 Å². The molecule has 0 N–H and O–H groups in total. The molecule has 0 aliphatic heterocycles. The largest absolute Gasteiger partial charge is 0.378 e. The zero-order valence-electron chi connectivity index (χ0n) is 15.3. The Balaban J connectivity index is 3.64. The van der Waals surface area contributed by atoms with Gasteiger partial charge in [-0.3, -0.25) is 0 Å². The zero-order valence-corrected chi connectivity index (χ0v) is 15.3. The van der Waals surface area contributed by atoms with E-state index < -0.39 is 0 Å². The first-order chi connectivity index (χ1) is 10.3. The van der Waals surface area contributed by atoms with Crippen LogP contribution in [0.2, 0.25) is 0 Å². The summed E-state index contributed by atoms with van der Waals surface area (Å²) in [7, 11) is 0. The summed E-state index contributed by atoms with van der Waals surface area (Å²) in [6, 6.07) is 0. The third-order valence-corrected chi connectivity index (χ3v) is 4.36. The van der Waals surface area contributed by atoms with Gasteiger partial charge < -0.3 is 4.74 Å². The van der Waals surface area contributed by atoms with Crippen molar-refractivity contribution in [2.45, 2.75) is 123 Å². The van der Waals surface area contributed by atoms with E-state index in [2.05, 4.69) is 20.8 Å². The van der Waals surface area contributed by atoms with Crippen LogP contribution in [0.3, 0.4) is 0 Å². The first-order valence-corrected chi connectivity index (χ1v) is 9.96. The molecule has 128 valence electrons. The molecule has 0 aliphatic carbocycles. The first kappa shape index (κ1) is 21.0. The second kappa shape index (κ2) is 18.0. The molecule has 0 bridgehead atoms. The quantitative estimate of drug-likeness (QED) is 0.256. The van der Waals surface area contributed by atoms with Gasteiger partial charge in [-0.1, -0.05) is 97.8 Å². The molecule has 1 unspecified atom stereocenters. The summed E-state index contributed by atoms with van der Waals surface area (Å²) < 4.78 is 6.18. The van der Waals surface area contributed by atoms with E-state index in [9.17, 15) is 0 Å². The van der Waals surface area contributed by atoms with E-state index in [1.54, 1.807) is 0 Å². The SMILES string of the molecule is CCCCCCCOC(CCCCC)CCCCCCC. The van der Waals surface area contributed by atoms with Crippen LogP contribution < -0.4 is 0 Å². The van der Waals surface area contributed by atoms with Crippen LogP contribution in [-0.4, -0.2) is 12.7 Å². The maximum atomic E-state index is 6.18. The van der Waals surface area contributed by atoms with Gasteiger partial charge in [0.15, 0.2) is 0 Å². The summed E-state index contributed by atoms with van der Waals surface area (Å²) in [4.78, 5) is 0. The van der Waals surface area contributed by atoms with Gasteiger partial charge in [0.25, 0.3) is 0 Å². The van der Waals surface area contributed by atoms with Gasteiger partial charge in [0.05, 0.1) is 6.10 Å². The van der Waals surface area contributed by atoms with Crippen molar-refractivity contribution in [3.8, 4) is 0 Å². The van der Waals surface area contributed by atoms with Crippen LogP contribution in [0.15, 0.2) is 0 Å². The van der Waals surface area contributed by atoms with Gasteiger partial charge in [-0.2, -0.15) is 0 Å². The average Bonchev–Trinajstić information content (AvgIpc) is 2.50. The van der Waals surface area contributed by atoms with Crippen LogP contribution in [0.25, 0.3) is 0 Å². The Hall–Kier alpha value is -0.0400. The van der Waals surface area contributed by atoms with Gasteiger partial charge in [0.2, 0.25) is 0 Å². The lowest BCUT2D eigenvalue weighted by molar-refractivity contribution is 0.0358. The van der Waals surface area contributed by atoms with E-state index in [0.717, 1.165) is 6.61 Å². The second-order valence-corrected chi connectivity index (χ2v) is 6.61. The molecule has 0 aromatic carbocycles. The molecule has 0 saturated carbocycles. The number of ether oxygens (including phenoxy) is 1. The van der Waals surface area contributed by atoms with Crippen LogP contribution in [-0.2, 0) is 4.74 Å². The van der Waals surface area contributed by atoms with Gasteiger partial charge in [-0.15, -0.1) is 0 Å². The standard InChI is InChI=1S/C20H42O/c1-4-7-10-12-15-18-20(17-14-9-6-3)21-19-16-13-11-8-5-2/h20H,4-19H2,1-3H3. The predicted octanol–water partition coefficient (Wildman–Crippen LogP) is 7.28. The Labute approximate surface area is 135 Å². The van der Waals surface area contributed by atoms with E-state index in [4.69, 9.17) is 4.74 Å². The third kappa shape index (κ3) is 16.2. The Bertz CT molecular complexity index is 179. The highest BCUT2D eigenvalue weighted by molar-refractivity contribution is 4.60. The lowest BCUT2D eigenvalue weighted by atomic mass is 10.0. The molecule has 0 aromatic heterocycles. The zero-order chi connectivity index (χ0) is 15.6. The average molecular weight is 299 g/mol. The molecule has 1 heteroatoms. The fraction of sp³-hybridized carbons (Fsp3) is 1.00. The molecule has 0 heterocycles.